The number of methoxy groups -OCH3 is 1. The van der Waals surface area contributed by atoms with Gasteiger partial charge in [0.15, 0.2) is 0 Å². The number of amides is 1. The van der Waals surface area contributed by atoms with Crippen LogP contribution in [0.1, 0.15) is 28.9 Å². The molecule has 1 fully saturated rings. The van der Waals surface area contributed by atoms with E-state index in [-0.39, 0.29) is 5.91 Å². The van der Waals surface area contributed by atoms with Crippen LogP contribution in [0, 0.1) is 6.92 Å². The van der Waals surface area contributed by atoms with Gasteiger partial charge in [0.1, 0.15) is 17.3 Å². The Balaban J connectivity index is 1.75. The summed E-state index contributed by atoms with van der Waals surface area (Å²) in [5, 5.41) is 6.63. The van der Waals surface area contributed by atoms with Gasteiger partial charge in [0, 0.05) is 17.1 Å². The number of aromatic nitrogens is 2. The maximum atomic E-state index is 11.9. The zero-order chi connectivity index (χ0) is 16.4. The standard InChI is InChI=1S/C16H17ClN4O2/c1-9-5-12(14(23-2)6-11(9)17)21-15-8-18-13(7-19-15)16(22)20-10-3-4-10/h5-8,10H,3-4H2,1-2H3,(H,19,21)(H,20,22). The van der Waals surface area contributed by atoms with Crippen LogP contribution < -0.4 is 15.4 Å². The highest BCUT2D eigenvalue weighted by Gasteiger charge is 2.24. The number of aryl methyl sites for hydroxylation is 1. The zero-order valence-corrected chi connectivity index (χ0v) is 13.6. The van der Waals surface area contributed by atoms with Crippen molar-refractivity contribution in [3.63, 3.8) is 0 Å². The summed E-state index contributed by atoms with van der Waals surface area (Å²) in [5.41, 5.74) is 1.96. The molecule has 1 saturated carbocycles. The van der Waals surface area contributed by atoms with Crippen molar-refractivity contribution >= 4 is 29.0 Å². The summed E-state index contributed by atoms with van der Waals surface area (Å²) in [4.78, 5) is 20.3. The maximum Gasteiger partial charge on any atom is 0.271 e. The molecule has 0 aliphatic heterocycles. The van der Waals surface area contributed by atoms with Crippen molar-refractivity contribution in [2.45, 2.75) is 25.8 Å². The summed E-state index contributed by atoms with van der Waals surface area (Å²) in [7, 11) is 1.57. The van der Waals surface area contributed by atoms with Gasteiger partial charge in [-0.25, -0.2) is 9.97 Å². The molecule has 1 aliphatic carbocycles. The number of carbonyl (C=O) groups excluding carboxylic acids is 1. The van der Waals surface area contributed by atoms with Crippen LogP contribution >= 0.6 is 11.6 Å². The molecule has 0 saturated heterocycles. The van der Waals surface area contributed by atoms with E-state index >= 15 is 0 Å². The SMILES string of the molecule is COc1cc(Cl)c(C)cc1Nc1cnc(C(=O)NC2CC2)cn1. The molecule has 120 valence electrons. The van der Waals surface area contributed by atoms with Gasteiger partial charge in [-0.15, -0.1) is 0 Å². The Morgan fingerprint density at radius 3 is 2.70 bits per heavy atom. The fourth-order valence-corrected chi connectivity index (χ4v) is 2.22. The average Bonchev–Trinajstić information content (AvgIpc) is 3.35. The summed E-state index contributed by atoms with van der Waals surface area (Å²) in [6, 6.07) is 3.91. The van der Waals surface area contributed by atoms with Crippen LogP contribution in [0.3, 0.4) is 0 Å². The molecule has 1 aromatic heterocycles. The Kier molecular flexibility index (Phi) is 4.34. The number of hydrogen-bond donors (Lipinski definition) is 2. The quantitative estimate of drug-likeness (QED) is 0.880. The second-order valence-corrected chi connectivity index (χ2v) is 5.87. The van der Waals surface area contributed by atoms with E-state index in [0.717, 1.165) is 24.1 Å². The molecule has 2 aromatic rings. The first kappa shape index (κ1) is 15.6. The molecule has 7 heteroatoms. The molecule has 0 unspecified atom stereocenters. The van der Waals surface area contributed by atoms with E-state index in [0.29, 0.717) is 28.3 Å². The molecule has 23 heavy (non-hydrogen) atoms. The highest BCUT2D eigenvalue weighted by atomic mass is 35.5. The van der Waals surface area contributed by atoms with Gasteiger partial charge in [-0.05, 0) is 31.4 Å². The summed E-state index contributed by atoms with van der Waals surface area (Å²) in [5.74, 6) is 0.942. The topological polar surface area (TPSA) is 76.1 Å². The van der Waals surface area contributed by atoms with E-state index in [9.17, 15) is 4.79 Å². The maximum absolute atomic E-state index is 11.9. The van der Waals surface area contributed by atoms with Crippen molar-refractivity contribution in [1.29, 1.82) is 0 Å². The van der Waals surface area contributed by atoms with Crippen molar-refractivity contribution in [2.24, 2.45) is 0 Å². The minimum atomic E-state index is -0.188. The third kappa shape index (κ3) is 3.71. The van der Waals surface area contributed by atoms with E-state index in [1.54, 1.807) is 13.2 Å². The van der Waals surface area contributed by atoms with Crippen LogP contribution in [0.5, 0.6) is 5.75 Å². The first-order chi connectivity index (χ1) is 11.1. The number of ether oxygens (including phenoxy) is 1. The van der Waals surface area contributed by atoms with Crippen molar-refractivity contribution in [2.75, 3.05) is 12.4 Å². The normalized spacial score (nSPS) is 13.5. The molecule has 3 rings (SSSR count). The van der Waals surface area contributed by atoms with E-state index < -0.39 is 0 Å². The van der Waals surface area contributed by atoms with Gasteiger partial charge < -0.3 is 15.4 Å². The first-order valence-corrected chi connectivity index (χ1v) is 7.68. The number of benzene rings is 1. The average molecular weight is 333 g/mol. The summed E-state index contributed by atoms with van der Waals surface area (Å²) < 4.78 is 5.31. The van der Waals surface area contributed by atoms with Crippen LogP contribution in [0.2, 0.25) is 5.02 Å². The van der Waals surface area contributed by atoms with Crippen LogP contribution in [-0.2, 0) is 0 Å². The lowest BCUT2D eigenvalue weighted by Crippen LogP contribution is -2.26. The van der Waals surface area contributed by atoms with Crippen molar-refractivity contribution in [3.8, 4) is 5.75 Å². The smallest absolute Gasteiger partial charge is 0.271 e. The number of nitrogens with zero attached hydrogens (tertiary/aromatic N) is 2. The lowest BCUT2D eigenvalue weighted by Gasteiger charge is -2.12. The van der Waals surface area contributed by atoms with Gasteiger partial charge in [-0.1, -0.05) is 11.6 Å². The van der Waals surface area contributed by atoms with E-state index in [1.807, 2.05) is 13.0 Å². The molecule has 0 bridgehead atoms. The predicted octanol–water partition coefficient (Wildman–Crippen LogP) is 3.08. The number of anilines is 2. The fraction of sp³-hybridized carbons (Fsp3) is 0.312. The van der Waals surface area contributed by atoms with Crippen molar-refractivity contribution in [1.82, 2.24) is 15.3 Å². The Bertz CT molecular complexity index is 730. The monoisotopic (exact) mass is 332 g/mol. The molecular weight excluding hydrogens is 316 g/mol. The van der Waals surface area contributed by atoms with Gasteiger partial charge in [0.25, 0.3) is 5.91 Å². The zero-order valence-electron chi connectivity index (χ0n) is 12.9. The molecule has 1 amide bonds. The van der Waals surface area contributed by atoms with Gasteiger partial charge in [0.2, 0.25) is 0 Å². The molecule has 1 aliphatic rings. The molecular formula is C16H17ClN4O2. The largest absolute Gasteiger partial charge is 0.495 e. The van der Waals surface area contributed by atoms with Crippen LogP contribution in [0.4, 0.5) is 11.5 Å². The van der Waals surface area contributed by atoms with Crippen molar-refractivity contribution in [3.05, 3.63) is 40.8 Å². The first-order valence-electron chi connectivity index (χ1n) is 7.31. The van der Waals surface area contributed by atoms with Gasteiger partial charge in [-0.2, -0.15) is 0 Å². The predicted molar refractivity (Wildman–Crippen MR) is 88.5 cm³/mol. The van der Waals surface area contributed by atoms with Gasteiger partial charge >= 0.3 is 0 Å². The lowest BCUT2D eigenvalue weighted by atomic mass is 10.2. The Morgan fingerprint density at radius 1 is 1.30 bits per heavy atom. The summed E-state index contributed by atoms with van der Waals surface area (Å²) in [6.45, 7) is 1.91. The summed E-state index contributed by atoms with van der Waals surface area (Å²) in [6.07, 6.45) is 5.05. The summed E-state index contributed by atoms with van der Waals surface area (Å²) >= 11 is 6.09. The van der Waals surface area contributed by atoms with Gasteiger partial charge in [-0.3, -0.25) is 4.79 Å². The molecule has 0 spiro atoms. The minimum absolute atomic E-state index is 0.188. The molecule has 0 radical (unpaired) electrons. The third-order valence-corrected chi connectivity index (χ3v) is 3.95. The van der Waals surface area contributed by atoms with Crippen LogP contribution in [0.15, 0.2) is 24.5 Å². The second kappa shape index (κ2) is 6.42. The molecule has 1 heterocycles. The Morgan fingerprint density at radius 2 is 2.09 bits per heavy atom. The number of halogens is 1. The molecule has 2 N–H and O–H groups in total. The van der Waals surface area contributed by atoms with Gasteiger partial charge in [0.05, 0.1) is 25.2 Å². The minimum Gasteiger partial charge on any atom is -0.495 e. The number of rotatable bonds is 5. The Labute approximate surface area is 139 Å². The molecule has 6 nitrogen and oxygen atoms in total. The number of carbonyl (C=O) groups is 1. The van der Waals surface area contributed by atoms with E-state index in [1.165, 1.54) is 12.4 Å². The van der Waals surface area contributed by atoms with Crippen LogP contribution in [0.25, 0.3) is 0 Å². The fourth-order valence-electron chi connectivity index (χ4n) is 2.06. The van der Waals surface area contributed by atoms with E-state index in [4.69, 9.17) is 16.3 Å². The third-order valence-electron chi connectivity index (χ3n) is 3.54. The second-order valence-electron chi connectivity index (χ2n) is 5.46. The highest BCUT2D eigenvalue weighted by Crippen LogP contribution is 2.32. The molecule has 0 atom stereocenters. The van der Waals surface area contributed by atoms with Crippen molar-refractivity contribution < 1.29 is 9.53 Å². The lowest BCUT2D eigenvalue weighted by molar-refractivity contribution is 0.0945. The number of nitrogens with one attached hydrogen (secondary N) is 2. The van der Waals surface area contributed by atoms with Crippen LogP contribution in [-0.4, -0.2) is 29.0 Å². The van der Waals surface area contributed by atoms with E-state index in [2.05, 4.69) is 20.6 Å². The Hall–Kier alpha value is -2.34. The highest BCUT2D eigenvalue weighted by molar-refractivity contribution is 6.31. The molecule has 1 aromatic carbocycles. The number of hydrogen-bond acceptors (Lipinski definition) is 5.